The lowest BCUT2D eigenvalue weighted by molar-refractivity contribution is -0.140. The molecule has 2 bridgehead atoms. The van der Waals surface area contributed by atoms with Crippen molar-refractivity contribution in [1.29, 1.82) is 0 Å². The van der Waals surface area contributed by atoms with E-state index in [9.17, 15) is 14.4 Å². The Bertz CT molecular complexity index is 1160. The zero-order valence-electron chi connectivity index (χ0n) is 18.6. The van der Waals surface area contributed by atoms with Gasteiger partial charge in [-0.15, -0.1) is 0 Å². The molecule has 2 aromatic rings. The normalized spacial score (nSPS) is 30.9. The number of halogens is 1. The Morgan fingerprint density at radius 2 is 1.52 bits per heavy atom. The molecule has 3 amide bonds. The second kappa shape index (κ2) is 7.39. The van der Waals surface area contributed by atoms with Crippen molar-refractivity contribution in [3.05, 3.63) is 75.8 Å². The largest absolute Gasteiger partial charge is 0.290 e. The number of hydrogen-bond acceptors (Lipinski definition) is 3. The minimum atomic E-state index is -0.265. The first-order chi connectivity index (χ1) is 15.9. The lowest BCUT2D eigenvalue weighted by atomic mass is 9.63. The quantitative estimate of drug-likeness (QED) is 0.446. The fourth-order valence-corrected chi connectivity index (χ4v) is 6.61. The van der Waals surface area contributed by atoms with Crippen LogP contribution in [0.1, 0.15) is 27.9 Å². The second-order valence-electron chi connectivity index (χ2n) is 9.89. The predicted molar refractivity (Wildman–Crippen MR) is 128 cm³/mol. The maximum absolute atomic E-state index is 13.6. The van der Waals surface area contributed by atoms with Gasteiger partial charge in [0, 0.05) is 15.7 Å². The summed E-state index contributed by atoms with van der Waals surface area (Å²) in [6.07, 6.45) is 5.47. The van der Waals surface area contributed by atoms with E-state index >= 15 is 0 Å². The Morgan fingerprint density at radius 1 is 0.970 bits per heavy atom. The molecule has 6 atom stereocenters. The van der Waals surface area contributed by atoms with E-state index in [0.29, 0.717) is 23.1 Å². The number of aryl methyl sites for hydroxylation is 2. The summed E-state index contributed by atoms with van der Waals surface area (Å²) >= 11 is 3.59. The van der Waals surface area contributed by atoms with Crippen LogP contribution in [-0.2, 0) is 9.59 Å². The third kappa shape index (κ3) is 3.07. The van der Waals surface area contributed by atoms with E-state index in [0.717, 1.165) is 22.0 Å². The van der Waals surface area contributed by atoms with Gasteiger partial charge in [0.2, 0.25) is 11.8 Å². The molecule has 0 aromatic heterocycles. The van der Waals surface area contributed by atoms with Crippen LogP contribution in [-0.4, -0.2) is 29.3 Å². The first-order valence-corrected chi connectivity index (χ1v) is 12.3. The maximum Gasteiger partial charge on any atom is 0.259 e. The minimum Gasteiger partial charge on any atom is -0.290 e. The number of benzene rings is 2. The van der Waals surface area contributed by atoms with Crippen molar-refractivity contribution in [3.63, 3.8) is 0 Å². The lowest BCUT2D eigenvalue weighted by Gasteiger charge is -2.37. The Kier molecular flexibility index (Phi) is 4.67. The lowest BCUT2D eigenvalue weighted by Crippen LogP contribution is -2.45. The number of carbonyl (C=O) groups excluding carboxylic acids is 3. The van der Waals surface area contributed by atoms with Crippen LogP contribution in [0.25, 0.3) is 0 Å². The number of amides is 3. The average Bonchev–Trinajstić information content (AvgIpc) is 3.61. The molecule has 168 valence electrons. The maximum atomic E-state index is 13.6. The van der Waals surface area contributed by atoms with Gasteiger partial charge in [-0.2, -0.15) is 0 Å². The van der Waals surface area contributed by atoms with Crippen LogP contribution in [0, 0.1) is 49.4 Å². The number of anilines is 1. The van der Waals surface area contributed by atoms with E-state index in [1.165, 1.54) is 4.90 Å². The molecule has 4 aliphatic carbocycles. The average molecular weight is 505 g/mol. The van der Waals surface area contributed by atoms with Crippen molar-refractivity contribution < 1.29 is 14.4 Å². The van der Waals surface area contributed by atoms with Crippen molar-refractivity contribution in [1.82, 2.24) is 4.90 Å². The monoisotopic (exact) mass is 504 g/mol. The Balaban J connectivity index is 1.37. The van der Waals surface area contributed by atoms with Crippen LogP contribution in [0.5, 0.6) is 0 Å². The molecule has 6 unspecified atom stereocenters. The minimum absolute atomic E-state index is 0.0618. The number of nitrogens with zero attached hydrogens (tertiary/aromatic N) is 2. The number of likely N-dealkylation sites (tertiary alicyclic amines) is 1. The summed E-state index contributed by atoms with van der Waals surface area (Å²) in [6, 6.07) is 12.9. The van der Waals surface area contributed by atoms with Crippen molar-refractivity contribution >= 4 is 39.3 Å². The second-order valence-corrected chi connectivity index (χ2v) is 10.7. The Morgan fingerprint density at radius 3 is 2.06 bits per heavy atom. The van der Waals surface area contributed by atoms with Gasteiger partial charge in [-0.25, -0.2) is 0 Å². The van der Waals surface area contributed by atoms with Gasteiger partial charge in [0.15, 0.2) is 0 Å². The van der Waals surface area contributed by atoms with E-state index < -0.39 is 0 Å². The summed E-state index contributed by atoms with van der Waals surface area (Å²) in [7, 11) is 0. The van der Waals surface area contributed by atoms with Crippen LogP contribution in [0.15, 0.2) is 59.1 Å². The molecule has 5 nitrogen and oxygen atoms in total. The van der Waals surface area contributed by atoms with Gasteiger partial charge < -0.3 is 0 Å². The number of hydrogen-bond donors (Lipinski definition) is 0. The first kappa shape index (κ1) is 20.8. The molecule has 2 saturated carbocycles. The van der Waals surface area contributed by atoms with E-state index in [4.69, 9.17) is 0 Å². The van der Waals surface area contributed by atoms with Crippen LogP contribution in [0.4, 0.5) is 5.69 Å². The summed E-state index contributed by atoms with van der Waals surface area (Å²) in [5.41, 5.74) is 3.19. The SMILES string of the molecule is Cc1cc(N(CN2C(=O)C3C4C=CC(C5CC45)C3C2=O)C(=O)c2ccccc2)cc(C)c1Br. The number of carbonyl (C=O) groups is 3. The van der Waals surface area contributed by atoms with E-state index in [1.807, 2.05) is 44.2 Å². The van der Waals surface area contributed by atoms with Gasteiger partial charge in [-0.3, -0.25) is 24.2 Å². The Hall–Kier alpha value is -2.73. The topological polar surface area (TPSA) is 57.7 Å². The zero-order chi connectivity index (χ0) is 23.0. The standard InChI is InChI=1S/C27H25BrN2O3/c1-14-10-17(11-15(2)24(14)28)29(25(31)16-6-4-3-5-7-16)13-30-26(32)22-18-8-9-19(21-12-20(18)21)23(22)27(30)33/h3-11,18-23H,12-13H2,1-2H3. The van der Waals surface area contributed by atoms with Gasteiger partial charge in [0.05, 0.1) is 11.8 Å². The molecule has 33 heavy (non-hydrogen) atoms. The molecule has 6 heteroatoms. The molecule has 1 saturated heterocycles. The third-order valence-electron chi connectivity index (χ3n) is 8.04. The van der Waals surface area contributed by atoms with Gasteiger partial charge in [0.25, 0.3) is 5.91 Å². The van der Waals surface area contributed by atoms with Crippen molar-refractivity contribution in [3.8, 4) is 0 Å². The molecule has 7 rings (SSSR count). The third-order valence-corrected chi connectivity index (χ3v) is 9.29. The molecule has 0 N–H and O–H groups in total. The zero-order valence-corrected chi connectivity index (χ0v) is 20.2. The summed E-state index contributed by atoms with van der Waals surface area (Å²) < 4.78 is 0.986. The van der Waals surface area contributed by atoms with Crippen molar-refractivity contribution in [2.45, 2.75) is 20.3 Å². The highest BCUT2D eigenvalue weighted by atomic mass is 79.9. The predicted octanol–water partition coefficient (Wildman–Crippen LogP) is 4.72. The molecule has 1 aliphatic heterocycles. The molecule has 0 spiro atoms. The highest BCUT2D eigenvalue weighted by Crippen LogP contribution is 2.65. The first-order valence-electron chi connectivity index (χ1n) is 11.5. The van der Waals surface area contributed by atoms with Crippen LogP contribution in [0.2, 0.25) is 0 Å². The summed E-state index contributed by atoms with van der Waals surface area (Å²) in [5.74, 6) is 0.447. The highest BCUT2D eigenvalue weighted by molar-refractivity contribution is 9.10. The molecular weight excluding hydrogens is 480 g/mol. The molecule has 3 fully saturated rings. The van der Waals surface area contributed by atoms with Gasteiger partial charge in [0.1, 0.15) is 6.67 Å². The molecule has 0 radical (unpaired) electrons. The summed E-state index contributed by atoms with van der Waals surface area (Å²) in [6.45, 7) is 3.89. The fourth-order valence-electron chi connectivity index (χ4n) is 6.38. The van der Waals surface area contributed by atoms with E-state index in [1.54, 1.807) is 17.0 Å². The van der Waals surface area contributed by atoms with Crippen molar-refractivity contribution in [2.24, 2.45) is 35.5 Å². The molecule has 2 aromatic carbocycles. The van der Waals surface area contributed by atoms with E-state index in [2.05, 4.69) is 28.1 Å². The summed E-state index contributed by atoms with van der Waals surface area (Å²) in [4.78, 5) is 43.6. The number of rotatable bonds is 4. The number of imide groups is 1. The van der Waals surface area contributed by atoms with Gasteiger partial charge in [-0.05, 0) is 79.3 Å². The van der Waals surface area contributed by atoms with Gasteiger partial charge >= 0.3 is 0 Å². The van der Waals surface area contributed by atoms with Crippen LogP contribution < -0.4 is 4.90 Å². The van der Waals surface area contributed by atoms with Gasteiger partial charge in [-0.1, -0.05) is 46.3 Å². The van der Waals surface area contributed by atoms with Crippen LogP contribution in [0.3, 0.4) is 0 Å². The highest BCUT2D eigenvalue weighted by Gasteiger charge is 2.67. The van der Waals surface area contributed by atoms with Crippen molar-refractivity contribution in [2.75, 3.05) is 11.6 Å². The summed E-state index contributed by atoms with van der Waals surface area (Å²) in [5, 5.41) is 0. The molecule has 5 aliphatic rings. The van der Waals surface area contributed by atoms with E-state index in [-0.39, 0.29) is 48.1 Å². The Labute approximate surface area is 201 Å². The molecule has 1 heterocycles. The number of allylic oxidation sites excluding steroid dienone is 2. The smallest absolute Gasteiger partial charge is 0.259 e. The van der Waals surface area contributed by atoms with Crippen LogP contribution >= 0.6 is 15.9 Å². The molecular formula is C27H25BrN2O3. The fraction of sp³-hybridized carbons (Fsp3) is 0.370.